The molecule has 4 heterocycles. The van der Waals surface area contributed by atoms with Gasteiger partial charge in [0.1, 0.15) is 18.8 Å². The maximum atomic E-state index is 12.9. The van der Waals surface area contributed by atoms with Crippen molar-refractivity contribution >= 4 is 12.2 Å². The van der Waals surface area contributed by atoms with Gasteiger partial charge in [0.2, 0.25) is 0 Å². The molecule has 17 atom stereocenters. The number of nitrogens with zero attached hydrogens (tertiary/aromatic N) is 4. The molecular weight excluding hydrogens is 662 g/mol. The highest BCUT2D eigenvalue weighted by molar-refractivity contribution is 5.70. The van der Waals surface area contributed by atoms with E-state index in [2.05, 4.69) is 43.0 Å². The number of hydrogen-bond donors (Lipinski definition) is 2. The van der Waals surface area contributed by atoms with E-state index >= 15 is 0 Å². The maximum absolute atomic E-state index is 12.9. The van der Waals surface area contributed by atoms with E-state index in [9.17, 15) is 20.2 Å². The van der Waals surface area contributed by atoms with Crippen molar-refractivity contribution in [2.24, 2.45) is 34.7 Å². The molecule has 9 unspecified atom stereocenters. The summed E-state index contributed by atoms with van der Waals surface area (Å²) in [5.74, 6) is 0.407. The van der Waals surface area contributed by atoms with Crippen LogP contribution in [0.2, 0.25) is 0 Å². The Morgan fingerprint density at radius 3 is 2.43 bits per heavy atom. The molecule has 1 aromatic carbocycles. The Morgan fingerprint density at radius 1 is 0.980 bits per heavy atom. The van der Waals surface area contributed by atoms with Crippen LogP contribution in [0.15, 0.2) is 35.4 Å². The Kier molecular flexibility index (Phi) is 11.7. The van der Waals surface area contributed by atoms with Gasteiger partial charge in [-0.3, -0.25) is 4.90 Å². The highest BCUT2D eigenvalue weighted by atomic mass is 16.8. The van der Waals surface area contributed by atoms with Crippen LogP contribution in [0.3, 0.4) is 0 Å². The third kappa shape index (κ3) is 7.66. The number of ether oxygens (including phenoxy) is 7. The molecule has 15 nitrogen and oxygen atoms in total. The van der Waals surface area contributed by atoms with E-state index in [0.717, 1.165) is 12.0 Å². The third-order valence-electron chi connectivity index (χ3n) is 11.9. The first-order chi connectivity index (χ1) is 24.4. The summed E-state index contributed by atoms with van der Waals surface area (Å²) in [7, 11) is 1.66. The van der Waals surface area contributed by atoms with E-state index in [4.69, 9.17) is 33.2 Å². The summed E-state index contributed by atoms with van der Waals surface area (Å²) in [4.78, 5) is 30.1. The van der Waals surface area contributed by atoms with Crippen molar-refractivity contribution in [3.63, 3.8) is 0 Å². The van der Waals surface area contributed by atoms with Gasteiger partial charge in [0.15, 0.2) is 25.0 Å². The smallest absolute Gasteiger partial charge is 0.410 e. The molecule has 5 aliphatic rings. The first-order valence-electron chi connectivity index (χ1n) is 18.3. The fraction of sp³-hybridized carbons (Fsp3) is 0.778. The van der Waals surface area contributed by atoms with E-state index in [1.807, 2.05) is 44.2 Å². The minimum atomic E-state index is -1.25. The monoisotopic (exact) mass is 715 g/mol. The lowest BCUT2D eigenvalue weighted by molar-refractivity contribution is -0.370. The van der Waals surface area contributed by atoms with Crippen LogP contribution in [0.4, 0.5) is 9.59 Å². The minimum Gasteiger partial charge on any atom is -0.445 e. The molecule has 4 saturated heterocycles. The summed E-state index contributed by atoms with van der Waals surface area (Å²) < 4.78 is 43.9. The van der Waals surface area contributed by atoms with Gasteiger partial charge in [-0.05, 0) is 48.1 Å². The maximum Gasteiger partial charge on any atom is 0.410 e. The zero-order valence-corrected chi connectivity index (χ0v) is 30.4. The standard InChI is InChI=1S/C36H53N5O10/c1-8-24-20(5)19(4)21(6)33(46-24)51-34-27-31(50-36(44)41(27)7)30-25(47-34)15-18(3)32(49-30)48-29-17(2)14-23(26(28(29)42)39-40-37)38-35(43)45-16-22-12-10-9-11-13-22/h9-13,17-21,23-34,42H,8,14-16H2,1-7H3,(H,38,43)/t17?,18?,19-,20-,21?,23+,24?,25-,26?,27?,28+,29+,30?,31?,32-,33+,34?/m0/s1. The van der Waals surface area contributed by atoms with Crippen molar-refractivity contribution in [2.45, 2.75) is 141 Å². The molecule has 1 aromatic rings. The van der Waals surface area contributed by atoms with Gasteiger partial charge in [-0.25, -0.2) is 9.59 Å². The number of likely N-dealkylation sites (N-methyl/N-ethyl adjacent to an activating group) is 1. The van der Waals surface area contributed by atoms with Crippen LogP contribution in [0.5, 0.6) is 0 Å². The Bertz CT molecular complexity index is 1420. The number of carbonyl (C=O) groups is 2. The topological polar surface area (TPSA) is 183 Å². The fourth-order valence-electron chi connectivity index (χ4n) is 8.48. The Morgan fingerprint density at radius 2 is 1.73 bits per heavy atom. The van der Waals surface area contributed by atoms with Crippen molar-refractivity contribution < 1.29 is 47.9 Å². The Labute approximate surface area is 299 Å². The number of nitrogens with one attached hydrogen (secondary N) is 1. The molecule has 0 spiro atoms. The molecule has 2 amide bonds. The van der Waals surface area contributed by atoms with Crippen molar-refractivity contribution in [3.05, 3.63) is 46.3 Å². The summed E-state index contributed by atoms with van der Waals surface area (Å²) >= 11 is 0. The van der Waals surface area contributed by atoms with Gasteiger partial charge < -0.3 is 43.6 Å². The van der Waals surface area contributed by atoms with Crippen LogP contribution in [-0.4, -0.2) is 103 Å². The van der Waals surface area contributed by atoms with Crippen LogP contribution in [0.25, 0.3) is 10.4 Å². The first-order valence-corrected chi connectivity index (χ1v) is 18.3. The zero-order valence-electron chi connectivity index (χ0n) is 30.4. The molecule has 282 valence electrons. The van der Waals surface area contributed by atoms with Crippen LogP contribution < -0.4 is 5.32 Å². The van der Waals surface area contributed by atoms with E-state index in [1.54, 1.807) is 7.05 Å². The lowest BCUT2D eigenvalue weighted by Gasteiger charge is -2.51. The first kappa shape index (κ1) is 37.6. The molecule has 0 aromatic heterocycles. The summed E-state index contributed by atoms with van der Waals surface area (Å²) in [6, 6.07) is 6.98. The largest absolute Gasteiger partial charge is 0.445 e. The molecular formula is C36H53N5O10. The summed E-state index contributed by atoms with van der Waals surface area (Å²) in [5, 5.41) is 18.1. The summed E-state index contributed by atoms with van der Waals surface area (Å²) in [5.41, 5.74) is 10.2. The number of aliphatic hydroxyl groups excluding tert-OH is 1. The number of fused-ring (bicyclic) bond motifs is 3. The molecule has 2 N–H and O–H groups in total. The van der Waals surface area contributed by atoms with Crippen LogP contribution in [0, 0.1) is 29.6 Å². The van der Waals surface area contributed by atoms with Gasteiger partial charge >= 0.3 is 12.2 Å². The third-order valence-corrected chi connectivity index (χ3v) is 11.9. The second-order valence-corrected chi connectivity index (χ2v) is 15.2. The van der Waals surface area contributed by atoms with Gasteiger partial charge in [-0.2, -0.15) is 0 Å². The molecule has 15 heteroatoms. The van der Waals surface area contributed by atoms with Crippen LogP contribution in [-0.2, 0) is 39.8 Å². The molecule has 4 aliphatic heterocycles. The van der Waals surface area contributed by atoms with Gasteiger partial charge in [-0.15, -0.1) is 0 Å². The SMILES string of the molecule is CCC1O[C@H](OC2O[C@H]3CC(C)[C@@H](O[C@@H]4C(C)C[C@@H](NC(=O)OCc5ccccc5)C(N=[N+]=[N-])[C@H]4O)OC3C3OC(=O)N(C)C23)C(C)[C@@H](C)[C@@H]1C. The van der Waals surface area contributed by atoms with E-state index < -0.39 is 79.7 Å². The quantitative estimate of drug-likeness (QED) is 0.198. The number of alkyl carbamates (subject to hydrolysis) is 1. The number of benzene rings is 1. The number of aliphatic hydroxyl groups is 1. The second-order valence-electron chi connectivity index (χ2n) is 15.2. The van der Waals surface area contributed by atoms with Crippen molar-refractivity contribution in [2.75, 3.05) is 7.05 Å². The summed E-state index contributed by atoms with van der Waals surface area (Å²) in [6.45, 7) is 12.6. The Hall–Kier alpha value is -3.17. The molecule has 0 radical (unpaired) electrons. The molecule has 51 heavy (non-hydrogen) atoms. The molecule has 6 rings (SSSR count). The van der Waals surface area contributed by atoms with E-state index in [-0.39, 0.29) is 30.5 Å². The number of azide groups is 1. The predicted octanol–water partition coefficient (Wildman–Crippen LogP) is 5.10. The van der Waals surface area contributed by atoms with Crippen LogP contribution >= 0.6 is 0 Å². The second kappa shape index (κ2) is 15.8. The number of carbonyl (C=O) groups excluding carboxylic acids is 2. The van der Waals surface area contributed by atoms with Gasteiger partial charge in [0.25, 0.3) is 0 Å². The molecule has 1 saturated carbocycles. The van der Waals surface area contributed by atoms with E-state index in [1.165, 1.54) is 4.90 Å². The number of hydrogen-bond acceptors (Lipinski definition) is 11. The van der Waals surface area contributed by atoms with Crippen molar-refractivity contribution in [1.82, 2.24) is 10.2 Å². The lowest BCUT2D eigenvalue weighted by atomic mass is 9.78. The molecule has 5 fully saturated rings. The predicted molar refractivity (Wildman–Crippen MR) is 182 cm³/mol. The highest BCUT2D eigenvalue weighted by Gasteiger charge is 2.60. The number of amides is 2. The fourth-order valence-corrected chi connectivity index (χ4v) is 8.48. The minimum absolute atomic E-state index is 0.0546. The van der Waals surface area contributed by atoms with Gasteiger partial charge in [0, 0.05) is 29.8 Å². The lowest BCUT2D eigenvalue weighted by Crippen LogP contribution is -2.65. The molecule has 0 bridgehead atoms. The van der Waals surface area contributed by atoms with E-state index in [0.29, 0.717) is 24.7 Å². The van der Waals surface area contributed by atoms with Gasteiger partial charge in [-0.1, -0.05) is 77.0 Å². The average molecular weight is 716 g/mol. The normalized spacial score (nSPS) is 43.6. The highest BCUT2D eigenvalue weighted by Crippen LogP contribution is 2.44. The average Bonchev–Trinajstić information content (AvgIpc) is 3.42. The summed E-state index contributed by atoms with van der Waals surface area (Å²) in [6.07, 6.45) is -5.32. The number of rotatable bonds is 9. The Balaban J connectivity index is 1.12. The molecule has 1 aliphatic carbocycles. The van der Waals surface area contributed by atoms with Gasteiger partial charge in [0.05, 0.1) is 30.5 Å². The zero-order chi connectivity index (χ0) is 36.6. The van der Waals surface area contributed by atoms with Crippen LogP contribution in [0.1, 0.15) is 66.4 Å². The van der Waals surface area contributed by atoms with Crippen molar-refractivity contribution in [3.8, 4) is 0 Å². The van der Waals surface area contributed by atoms with Crippen molar-refractivity contribution in [1.29, 1.82) is 0 Å².